The second-order valence-corrected chi connectivity index (χ2v) is 6.00. The van der Waals surface area contributed by atoms with Crippen LogP contribution in [0.15, 0.2) is 34.8 Å². The zero-order chi connectivity index (χ0) is 15.6. The molecular formula is C16H17BrN2O2. The van der Waals surface area contributed by atoms with Crippen LogP contribution in [-0.2, 0) is 6.54 Å². The maximum Gasteiger partial charge on any atom is 0.272 e. The van der Waals surface area contributed by atoms with Gasteiger partial charge >= 0.3 is 0 Å². The van der Waals surface area contributed by atoms with Gasteiger partial charge in [0.15, 0.2) is 0 Å². The molecule has 0 atom stereocenters. The van der Waals surface area contributed by atoms with Gasteiger partial charge in [0.25, 0.3) is 5.69 Å². The monoisotopic (exact) mass is 348 g/mol. The molecule has 110 valence electrons. The lowest BCUT2D eigenvalue weighted by molar-refractivity contribution is -0.385. The molecule has 2 aromatic rings. The average Bonchev–Trinajstić information content (AvgIpc) is 2.42. The van der Waals surface area contributed by atoms with Crippen molar-refractivity contribution in [1.29, 1.82) is 0 Å². The number of nitro benzene ring substituents is 1. The summed E-state index contributed by atoms with van der Waals surface area (Å²) < 4.78 is 1.08. The van der Waals surface area contributed by atoms with Crippen LogP contribution in [0.3, 0.4) is 0 Å². The van der Waals surface area contributed by atoms with Gasteiger partial charge in [0.05, 0.1) is 4.92 Å². The molecule has 0 heterocycles. The van der Waals surface area contributed by atoms with Gasteiger partial charge < -0.3 is 5.32 Å². The molecule has 0 aliphatic rings. The summed E-state index contributed by atoms with van der Waals surface area (Å²) in [6.45, 7) is 6.35. The van der Waals surface area contributed by atoms with E-state index in [2.05, 4.69) is 39.4 Å². The number of nitrogens with zero attached hydrogens (tertiary/aromatic N) is 1. The Hall–Kier alpha value is -1.88. The second-order valence-electron chi connectivity index (χ2n) is 5.15. The minimum Gasteiger partial charge on any atom is -0.381 e. The first kappa shape index (κ1) is 15.5. The maximum absolute atomic E-state index is 10.9. The Morgan fingerprint density at radius 1 is 1.10 bits per heavy atom. The number of hydrogen-bond acceptors (Lipinski definition) is 3. The van der Waals surface area contributed by atoms with E-state index in [1.54, 1.807) is 13.0 Å². The SMILES string of the molecule is Cc1ccc(CNc2cc(C)c([N+](=O)[O-])cc2C)cc1Br. The van der Waals surface area contributed by atoms with E-state index in [0.29, 0.717) is 12.1 Å². The Morgan fingerprint density at radius 3 is 2.43 bits per heavy atom. The van der Waals surface area contributed by atoms with Gasteiger partial charge in [0.2, 0.25) is 0 Å². The molecule has 0 radical (unpaired) electrons. The van der Waals surface area contributed by atoms with E-state index in [4.69, 9.17) is 0 Å². The lowest BCUT2D eigenvalue weighted by Crippen LogP contribution is -2.03. The number of halogens is 1. The van der Waals surface area contributed by atoms with Crippen molar-refractivity contribution in [2.75, 3.05) is 5.32 Å². The van der Waals surface area contributed by atoms with Crippen LogP contribution in [0.4, 0.5) is 11.4 Å². The smallest absolute Gasteiger partial charge is 0.272 e. The van der Waals surface area contributed by atoms with Crippen molar-refractivity contribution in [2.24, 2.45) is 0 Å². The third-order valence-electron chi connectivity index (χ3n) is 3.46. The first-order chi connectivity index (χ1) is 9.88. The first-order valence-electron chi connectivity index (χ1n) is 6.63. The predicted octanol–water partition coefficient (Wildman–Crippen LogP) is 4.89. The van der Waals surface area contributed by atoms with Crippen molar-refractivity contribution in [3.8, 4) is 0 Å². The van der Waals surface area contributed by atoms with Gasteiger partial charge in [0.1, 0.15) is 0 Å². The van der Waals surface area contributed by atoms with E-state index in [1.807, 2.05) is 19.9 Å². The van der Waals surface area contributed by atoms with Crippen LogP contribution in [0.5, 0.6) is 0 Å². The molecule has 2 aromatic carbocycles. The Kier molecular flexibility index (Phi) is 4.63. The number of nitro groups is 1. The van der Waals surface area contributed by atoms with Crippen LogP contribution in [0.2, 0.25) is 0 Å². The highest BCUT2D eigenvalue weighted by atomic mass is 79.9. The largest absolute Gasteiger partial charge is 0.381 e. The van der Waals surface area contributed by atoms with Crippen LogP contribution in [0.1, 0.15) is 22.3 Å². The van der Waals surface area contributed by atoms with E-state index in [1.165, 1.54) is 5.56 Å². The van der Waals surface area contributed by atoms with E-state index in [-0.39, 0.29) is 10.6 Å². The van der Waals surface area contributed by atoms with Gasteiger partial charge in [-0.3, -0.25) is 10.1 Å². The number of aryl methyl sites for hydroxylation is 3. The van der Waals surface area contributed by atoms with Gasteiger partial charge in [-0.25, -0.2) is 0 Å². The number of anilines is 1. The normalized spacial score (nSPS) is 10.5. The fraction of sp³-hybridized carbons (Fsp3) is 0.250. The molecule has 2 rings (SSSR count). The summed E-state index contributed by atoms with van der Waals surface area (Å²) in [5.74, 6) is 0. The van der Waals surface area contributed by atoms with Crippen LogP contribution in [0, 0.1) is 30.9 Å². The van der Waals surface area contributed by atoms with Crippen molar-refractivity contribution in [3.05, 3.63) is 67.2 Å². The molecule has 0 aliphatic heterocycles. The highest BCUT2D eigenvalue weighted by Crippen LogP contribution is 2.26. The van der Waals surface area contributed by atoms with Crippen LogP contribution in [-0.4, -0.2) is 4.92 Å². The molecule has 0 saturated carbocycles. The summed E-state index contributed by atoms with van der Waals surface area (Å²) >= 11 is 3.52. The summed E-state index contributed by atoms with van der Waals surface area (Å²) in [5.41, 5.74) is 4.98. The van der Waals surface area contributed by atoms with Crippen LogP contribution >= 0.6 is 15.9 Å². The number of nitrogens with one attached hydrogen (secondary N) is 1. The van der Waals surface area contributed by atoms with Gasteiger partial charge in [-0.05, 0) is 49.6 Å². The molecular weight excluding hydrogens is 332 g/mol. The minimum atomic E-state index is -0.344. The van der Waals surface area contributed by atoms with Gasteiger partial charge in [-0.2, -0.15) is 0 Å². The van der Waals surface area contributed by atoms with Crippen LogP contribution < -0.4 is 5.32 Å². The quantitative estimate of drug-likeness (QED) is 0.631. The van der Waals surface area contributed by atoms with E-state index < -0.39 is 0 Å². The van der Waals surface area contributed by atoms with Crippen molar-refractivity contribution in [2.45, 2.75) is 27.3 Å². The molecule has 0 amide bonds. The van der Waals surface area contributed by atoms with Crippen molar-refractivity contribution in [1.82, 2.24) is 0 Å². The molecule has 0 saturated heterocycles. The number of benzene rings is 2. The summed E-state index contributed by atoms with van der Waals surface area (Å²) in [7, 11) is 0. The van der Waals surface area contributed by atoms with Gasteiger partial charge in [-0.15, -0.1) is 0 Å². The molecule has 4 nitrogen and oxygen atoms in total. The minimum absolute atomic E-state index is 0.163. The molecule has 5 heteroatoms. The van der Waals surface area contributed by atoms with Gasteiger partial charge in [-0.1, -0.05) is 28.1 Å². The van der Waals surface area contributed by atoms with Crippen molar-refractivity contribution >= 4 is 27.3 Å². The fourth-order valence-electron chi connectivity index (χ4n) is 2.13. The summed E-state index contributed by atoms with van der Waals surface area (Å²) in [6, 6.07) is 9.66. The molecule has 21 heavy (non-hydrogen) atoms. The Morgan fingerprint density at radius 2 is 1.81 bits per heavy atom. The van der Waals surface area contributed by atoms with Gasteiger partial charge in [0, 0.05) is 28.3 Å². The van der Waals surface area contributed by atoms with Crippen molar-refractivity contribution in [3.63, 3.8) is 0 Å². The first-order valence-corrected chi connectivity index (χ1v) is 7.42. The zero-order valence-corrected chi connectivity index (χ0v) is 13.8. The van der Waals surface area contributed by atoms with Crippen molar-refractivity contribution < 1.29 is 4.92 Å². The van der Waals surface area contributed by atoms with Crippen LogP contribution in [0.25, 0.3) is 0 Å². The molecule has 0 spiro atoms. The third-order valence-corrected chi connectivity index (χ3v) is 4.31. The molecule has 0 unspecified atom stereocenters. The second kappa shape index (κ2) is 6.26. The summed E-state index contributed by atoms with van der Waals surface area (Å²) in [6.07, 6.45) is 0. The molecule has 0 aromatic heterocycles. The predicted molar refractivity (Wildman–Crippen MR) is 88.8 cm³/mol. The van der Waals surface area contributed by atoms with E-state index in [0.717, 1.165) is 21.3 Å². The summed E-state index contributed by atoms with van der Waals surface area (Å²) in [4.78, 5) is 10.6. The zero-order valence-electron chi connectivity index (χ0n) is 12.2. The lowest BCUT2D eigenvalue weighted by Gasteiger charge is -2.11. The number of hydrogen-bond donors (Lipinski definition) is 1. The molecule has 0 bridgehead atoms. The topological polar surface area (TPSA) is 55.2 Å². The Bertz CT molecular complexity index is 699. The Labute approximate surface area is 132 Å². The Balaban J connectivity index is 2.18. The third kappa shape index (κ3) is 3.61. The number of rotatable bonds is 4. The fourth-order valence-corrected chi connectivity index (χ4v) is 2.56. The summed E-state index contributed by atoms with van der Waals surface area (Å²) in [5, 5.41) is 14.3. The molecule has 1 N–H and O–H groups in total. The average molecular weight is 349 g/mol. The van der Waals surface area contributed by atoms with E-state index >= 15 is 0 Å². The maximum atomic E-state index is 10.9. The highest BCUT2D eigenvalue weighted by molar-refractivity contribution is 9.10. The molecule has 0 fully saturated rings. The lowest BCUT2D eigenvalue weighted by atomic mass is 10.1. The highest BCUT2D eigenvalue weighted by Gasteiger charge is 2.13. The standard InChI is InChI=1S/C16H17BrN2O2/c1-10-4-5-13(8-14(10)17)9-18-15-6-12(3)16(19(20)21)7-11(15)2/h4-8,18H,9H2,1-3H3. The van der Waals surface area contributed by atoms with E-state index in [9.17, 15) is 10.1 Å². The molecule has 0 aliphatic carbocycles.